The van der Waals surface area contributed by atoms with Crippen LogP contribution in [0.3, 0.4) is 0 Å². The summed E-state index contributed by atoms with van der Waals surface area (Å²) in [6, 6.07) is 0.909. The highest BCUT2D eigenvalue weighted by atomic mass is 32.3. The topological polar surface area (TPSA) is 94.5 Å². The van der Waals surface area contributed by atoms with Crippen molar-refractivity contribution in [2.75, 3.05) is 46.0 Å². The van der Waals surface area contributed by atoms with E-state index in [1.165, 1.54) is 38.6 Å². The minimum absolute atomic E-state index is 0.00517. The molecule has 0 radical (unpaired) electrons. The number of amides is 1. The van der Waals surface area contributed by atoms with Gasteiger partial charge in [-0.15, -0.1) is 10.8 Å². The molecule has 6 rings (SSSR count). The summed E-state index contributed by atoms with van der Waals surface area (Å²) in [7, 11) is -2.78. The van der Waals surface area contributed by atoms with Crippen molar-refractivity contribution in [1.82, 2.24) is 14.5 Å². The number of piperidine rings is 2. The zero-order valence-corrected chi connectivity index (χ0v) is 21.9. The molecular formula is C26H45N3O5S. The summed E-state index contributed by atoms with van der Waals surface area (Å²) in [5.74, 6) is 2.52. The van der Waals surface area contributed by atoms with Gasteiger partial charge >= 0.3 is 0 Å². The highest BCUT2D eigenvalue weighted by Crippen LogP contribution is 2.56. The van der Waals surface area contributed by atoms with Crippen molar-refractivity contribution in [2.24, 2.45) is 17.8 Å². The van der Waals surface area contributed by atoms with Gasteiger partial charge in [0.25, 0.3) is 0 Å². The van der Waals surface area contributed by atoms with Gasteiger partial charge in [0, 0.05) is 19.1 Å². The number of nitrogens with one attached hydrogen (secondary N) is 1. The minimum Gasteiger partial charge on any atom is -0.377 e. The predicted molar refractivity (Wildman–Crippen MR) is 136 cm³/mol. The molecule has 9 heteroatoms. The normalized spacial score (nSPS) is 39.8. The van der Waals surface area contributed by atoms with Crippen LogP contribution in [0.5, 0.6) is 0 Å². The molecule has 0 aromatic rings. The molecule has 2 aliphatic carbocycles. The third kappa shape index (κ3) is 4.91. The summed E-state index contributed by atoms with van der Waals surface area (Å²) in [5.41, 5.74) is -0.348. The maximum Gasteiger partial charge on any atom is 0.249 e. The van der Waals surface area contributed by atoms with Gasteiger partial charge in [0.1, 0.15) is 6.61 Å². The Morgan fingerprint density at radius 1 is 0.943 bits per heavy atom. The number of nitrogens with zero attached hydrogens (tertiary/aromatic N) is 2. The van der Waals surface area contributed by atoms with Crippen molar-refractivity contribution < 1.29 is 23.4 Å². The fourth-order valence-electron chi connectivity index (χ4n) is 7.97. The van der Waals surface area contributed by atoms with Gasteiger partial charge in [0.2, 0.25) is 5.91 Å². The molecule has 2 saturated carbocycles. The Hall–Kier alpha value is -0.420. The molecule has 200 valence electrons. The van der Waals surface area contributed by atoms with E-state index in [2.05, 4.69) is 5.32 Å². The number of fused-ring (bicyclic) bond motifs is 1. The lowest BCUT2D eigenvalue weighted by Crippen LogP contribution is -2.64. The molecule has 8 nitrogen and oxygen atoms in total. The first-order valence-corrected chi connectivity index (χ1v) is 15.8. The minimum atomic E-state index is -2.78. The van der Waals surface area contributed by atoms with Crippen LogP contribution in [0, 0.1) is 17.8 Å². The van der Waals surface area contributed by atoms with Gasteiger partial charge in [-0.25, -0.2) is 4.31 Å². The molecular weight excluding hydrogens is 466 g/mol. The zero-order valence-electron chi connectivity index (χ0n) is 21.1. The summed E-state index contributed by atoms with van der Waals surface area (Å²) in [6.45, 7) is 4.43. The smallest absolute Gasteiger partial charge is 0.249 e. The third-order valence-electron chi connectivity index (χ3n) is 10.4. The maximum absolute atomic E-state index is 12.4. The Labute approximate surface area is 211 Å². The van der Waals surface area contributed by atoms with Gasteiger partial charge in [0.15, 0.2) is 0 Å². The van der Waals surface area contributed by atoms with Crippen molar-refractivity contribution in [2.45, 2.75) is 93.6 Å². The van der Waals surface area contributed by atoms with Gasteiger partial charge in [-0.2, -0.15) is 0 Å². The fraction of sp³-hybridized carbons (Fsp3) is 0.962. The van der Waals surface area contributed by atoms with Gasteiger partial charge in [0.05, 0.1) is 36.7 Å². The lowest BCUT2D eigenvalue weighted by atomic mass is 9.67. The van der Waals surface area contributed by atoms with Crippen molar-refractivity contribution >= 4 is 16.7 Å². The van der Waals surface area contributed by atoms with E-state index in [-0.39, 0.29) is 29.4 Å². The Morgan fingerprint density at radius 2 is 1.66 bits per heavy atom. The summed E-state index contributed by atoms with van der Waals surface area (Å²) < 4.78 is 36.1. The van der Waals surface area contributed by atoms with Crippen LogP contribution < -0.4 is 5.32 Å². The molecule has 3 atom stereocenters. The average Bonchev–Trinajstić information content (AvgIpc) is 2.85. The first-order valence-electron chi connectivity index (χ1n) is 14.2. The van der Waals surface area contributed by atoms with Crippen LogP contribution in [-0.2, 0) is 14.3 Å². The molecule has 35 heavy (non-hydrogen) atoms. The summed E-state index contributed by atoms with van der Waals surface area (Å²) >= 11 is 0. The van der Waals surface area contributed by atoms with E-state index < -0.39 is 10.8 Å². The van der Waals surface area contributed by atoms with Gasteiger partial charge in [-0.1, -0.05) is 0 Å². The Morgan fingerprint density at radius 3 is 2.37 bits per heavy atom. The van der Waals surface area contributed by atoms with E-state index in [9.17, 15) is 13.9 Å². The summed E-state index contributed by atoms with van der Waals surface area (Å²) in [5, 5.41) is 3.78. The number of ether oxygens (including phenoxy) is 2. The molecule has 4 heterocycles. The zero-order chi connectivity index (χ0) is 24.0. The molecule has 1 spiro atoms. The number of hydrogen-bond acceptors (Lipinski definition) is 7. The van der Waals surface area contributed by atoms with Crippen LogP contribution in [0.15, 0.2) is 0 Å². The van der Waals surface area contributed by atoms with Crippen LogP contribution in [-0.4, -0.2) is 93.2 Å². The molecule has 0 aromatic carbocycles. The highest BCUT2D eigenvalue weighted by Gasteiger charge is 2.48. The lowest BCUT2D eigenvalue weighted by molar-refractivity contribution is -0.187. The fourth-order valence-corrected chi connectivity index (χ4v) is 10.0. The van der Waals surface area contributed by atoms with E-state index in [0.717, 1.165) is 62.3 Å². The molecule has 6 aliphatic rings. The largest absolute Gasteiger partial charge is 0.377 e. The molecule has 0 aromatic heterocycles. The highest BCUT2D eigenvalue weighted by molar-refractivity contribution is 8.22. The van der Waals surface area contributed by atoms with Crippen LogP contribution in [0.4, 0.5) is 0 Å². The monoisotopic (exact) mass is 511 g/mol. The SMILES string of the molecule is O=C1COC2(CCN(S(O)(O)C3CCC(C4CCC5CCCNC5C4)CC3)CC2)CN1C1COC1. The van der Waals surface area contributed by atoms with Crippen LogP contribution in [0.2, 0.25) is 0 Å². The van der Waals surface area contributed by atoms with Gasteiger partial charge < -0.3 is 19.7 Å². The van der Waals surface area contributed by atoms with E-state index in [1.54, 1.807) is 0 Å². The number of carbonyl (C=O) groups is 1. The van der Waals surface area contributed by atoms with Crippen LogP contribution in [0.25, 0.3) is 0 Å². The maximum atomic E-state index is 12.4. The number of rotatable bonds is 4. The van der Waals surface area contributed by atoms with Crippen molar-refractivity contribution in [3.8, 4) is 0 Å². The molecule has 4 aliphatic heterocycles. The molecule has 3 N–H and O–H groups in total. The lowest BCUT2D eigenvalue weighted by Gasteiger charge is -2.56. The molecule has 0 bridgehead atoms. The second-order valence-electron chi connectivity index (χ2n) is 12.2. The third-order valence-corrected chi connectivity index (χ3v) is 12.9. The molecule has 4 saturated heterocycles. The van der Waals surface area contributed by atoms with E-state index >= 15 is 0 Å². The average molecular weight is 512 g/mol. The molecule has 1 amide bonds. The van der Waals surface area contributed by atoms with Gasteiger partial charge in [-0.3, -0.25) is 13.9 Å². The van der Waals surface area contributed by atoms with E-state index in [1.807, 2.05) is 9.21 Å². The van der Waals surface area contributed by atoms with Crippen molar-refractivity contribution in [1.29, 1.82) is 0 Å². The van der Waals surface area contributed by atoms with Crippen molar-refractivity contribution in [3.63, 3.8) is 0 Å². The molecule has 6 fully saturated rings. The second-order valence-corrected chi connectivity index (χ2v) is 14.6. The van der Waals surface area contributed by atoms with Crippen molar-refractivity contribution in [3.05, 3.63) is 0 Å². The number of carbonyl (C=O) groups excluding carboxylic acids is 1. The summed E-state index contributed by atoms with van der Waals surface area (Å²) in [6.07, 6.45) is 12.5. The second kappa shape index (κ2) is 10.0. The number of hydrogen-bond donors (Lipinski definition) is 3. The first kappa shape index (κ1) is 24.9. The van der Waals surface area contributed by atoms with Crippen LogP contribution in [0.1, 0.15) is 70.6 Å². The van der Waals surface area contributed by atoms with E-state index in [4.69, 9.17) is 9.47 Å². The first-order chi connectivity index (χ1) is 16.9. The van der Waals surface area contributed by atoms with E-state index in [0.29, 0.717) is 32.8 Å². The quantitative estimate of drug-likeness (QED) is 0.532. The summed E-state index contributed by atoms with van der Waals surface area (Å²) in [4.78, 5) is 14.3. The molecule has 3 unspecified atom stereocenters. The van der Waals surface area contributed by atoms with Crippen LogP contribution >= 0.6 is 10.8 Å². The number of morpholine rings is 1. The standard InChI is InChI=1S/C26H45N3O5S/c30-25-17-34-26(18-29(25)22-15-33-16-22)9-12-28(13-10-26)35(31,32)23-7-5-19(6-8-23)21-4-3-20-2-1-11-27-24(20)14-21/h19-24,27,31-32H,1-18H2. The Balaban J connectivity index is 1.00. The van der Waals surface area contributed by atoms with Gasteiger partial charge in [-0.05, 0) is 94.9 Å². The Bertz CT molecular complexity index is 764. The predicted octanol–water partition coefficient (Wildman–Crippen LogP) is 3.47. The Kier molecular flexibility index (Phi) is 7.14.